The molecule has 124 valence electrons. The highest BCUT2D eigenvalue weighted by molar-refractivity contribution is 5.94. The van der Waals surface area contributed by atoms with Crippen LogP contribution in [-0.2, 0) is 4.79 Å². The molecule has 0 radical (unpaired) electrons. The lowest BCUT2D eigenvalue weighted by Crippen LogP contribution is -2.63. The van der Waals surface area contributed by atoms with Crippen LogP contribution in [-0.4, -0.2) is 59.5 Å². The van der Waals surface area contributed by atoms with Gasteiger partial charge in [0.05, 0.1) is 5.41 Å². The average molecular weight is 317 g/mol. The number of carbonyl (C=O) groups excluding carboxylic acids is 1. The summed E-state index contributed by atoms with van der Waals surface area (Å²) in [5.74, 6) is 0.0927. The summed E-state index contributed by atoms with van der Waals surface area (Å²) >= 11 is 0. The normalized spacial score (nSPS) is 28.3. The number of likely N-dealkylation sites (N-methyl/N-ethyl adjacent to an activating group) is 1. The van der Waals surface area contributed by atoms with Crippen molar-refractivity contribution in [2.45, 2.75) is 32.2 Å². The highest BCUT2D eigenvalue weighted by Crippen LogP contribution is 2.42. The summed E-state index contributed by atoms with van der Waals surface area (Å²) in [5.41, 5.74) is -0.0103. The Labute approximate surface area is 136 Å². The summed E-state index contributed by atoms with van der Waals surface area (Å²) < 4.78 is 0. The Balaban J connectivity index is 1.87. The van der Waals surface area contributed by atoms with Gasteiger partial charge < -0.3 is 14.9 Å². The number of ketones is 1. The van der Waals surface area contributed by atoms with Crippen molar-refractivity contribution in [1.82, 2.24) is 9.88 Å². The Morgan fingerprint density at radius 3 is 2.83 bits per heavy atom. The third-order valence-corrected chi connectivity index (χ3v) is 5.43. The Morgan fingerprint density at radius 2 is 2.13 bits per heavy atom. The lowest BCUT2D eigenvalue weighted by atomic mass is 9.68. The van der Waals surface area contributed by atoms with Crippen LogP contribution in [0.2, 0.25) is 0 Å². The molecule has 6 nitrogen and oxygen atoms in total. The van der Waals surface area contributed by atoms with E-state index in [-0.39, 0.29) is 11.8 Å². The van der Waals surface area contributed by atoms with E-state index >= 15 is 0 Å². The van der Waals surface area contributed by atoms with Crippen molar-refractivity contribution in [2.24, 2.45) is 5.41 Å². The van der Waals surface area contributed by atoms with E-state index < -0.39 is 11.4 Å². The van der Waals surface area contributed by atoms with Crippen molar-refractivity contribution >= 4 is 17.6 Å². The predicted octanol–water partition coefficient (Wildman–Crippen LogP) is 1.66. The lowest BCUT2D eigenvalue weighted by Gasteiger charge is -2.52. The molecule has 2 aliphatic heterocycles. The van der Waals surface area contributed by atoms with Crippen molar-refractivity contribution < 1.29 is 14.7 Å². The molecular weight excluding hydrogens is 294 g/mol. The second kappa shape index (κ2) is 5.92. The van der Waals surface area contributed by atoms with Crippen molar-refractivity contribution in [3.63, 3.8) is 0 Å². The molecular formula is C17H23N3O3. The van der Waals surface area contributed by atoms with Gasteiger partial charge in [-0.1, -0.05) is 0 Å². The van der Waals surface area contributed by atoms with E-state index in [1.807, 2.05) is 7.05 Å². The molecule has 6 heteroatoms. The molecule has 0 spiro atoms. The number of aliphatic carboxylic acids is 1. The van der Waals surface area contributed by atoms with Gasteiger partial charge in [0, 0.05) is 30.9 Å². The number of hydrogen-bond donors (Lipinski definition) is 1. The first-order valence-electron chi connectivity index (χ1n) is 8.09. The fraction of sp³-hybridized carbons (Fsp3) is 0.588. The minimum atomic E-state index is -0.681. The van der Waals surface area contributed by atoms with E-state index in [0.717, 1.165) is 25.2 Å². The van der Waals surface area contributed by atoms with Crippen LogP contribution in [0.5, 0.6) is 0 Å². The Kier molecular flexibility index (Phi) is 4.10. The van der Waals surface area contributed by atoms with Crippen LogP contribution in [0.4, 0.5) is 5.82 Å². The number of rotatable bonds is 3. The van der Waals surface area contributed by atoms with Gasteiger partial charge in [0.25, 0.3) is 0 Å². The second-order valence-corrected chi connectivity index (χ2v) is 6.72. The minimum Gasteiger partial charge on any atom is -0.481 e. The number of carboxylic acid groups (broad SMARTS) is 1. The summed E-state index contributed by atoms with van der Waals surface area (Å²) in [6.07, 6.45) is 3.93. The van der Waals surface area contributed by atoms with Gasteiger partial charge in [-0.3, -0.25) is 9.59 Å². The van der Waals surface area contributed by atoms with Gasteiger partial charge in [-0.25, -0.2) is 4.98 Å². The number of fused-ring (bicyclic) bond motifs is 1. The highest BCUT2D eigenvalue weighted by atomic mass is 16.4. The van der Waals surface area contributed by atoms with E-state index in [0.29, 0.717) is 25.1 Å². The molecule has 0 aliphatic carbocycles. The molecule has 1 aromatic heterocycles. The smallest absolute Gasteiger partial charge is 0.311 e. The Bertz CT molecular complexity index is 633. The van der Waals surface area contributed by atoms with Crippen molar-refractivity contribution in [2.75, 3.05) is 31.6 Å². The van der Waals surface area contributed by atoms with Crippen LogP contribution in [0, 0.1) is 5.41 Å². The van der Waals surface area contributed by atoms with Crippen LogP contribution in [0.15, 0.2) is 18.3 Å². The van der Waals surface area contributed by atoms with Crippen LogP contribution in [0.25, 0.3) is 0 Å². The Morgan fingerprint density at radius 1 is 1.35 bits per heavy atom. The summed E-state index contributed by atoms with van der Waals surface area (Å²) in [4.78, 5) is 32.2. The molecule has 0 saturated carbocycles. The van der Waals surface area contributed by atoms with Crippen molar-refractivity contribution in [3.8, 4) is 0 Å². The molecule has 0 unspecified atom stereocenters. The lowest BCUT2D eigenvalue weighted by molar-refractivity contribution is -0.158. The molecule has 1 aromatic rings. The van der Waals surface area contributed by atoms with Crippen LogP contribution < -0.4 is 4.90 Å². The molecule has 0 bridgehead atoms. The maximum absolute atomic E-state index is 11.9. The standard InChI is InChI=1S/C17H23N3O3/c1-12(21)13-4-7-18-15(10-13)20-9-6-17(16(22)23)5-3-8-19(2)14(17)11-20/h4,7,10,14H,3,5-6,8-9,11H2,1-2H3,(H,22,23)/t14-,17+/m1/s1. The first-order chi connectivity index (χ1) is 10.9. The van der Waals surface area contributed by atoms with E-state index in [2.05, 4.69) is 14.8 Å². The van der Waals surface area contributed by atoms with Crippen LogP contribution >= 0.6 is 0 Å². The topological polar surface area (TPSA) is 73.7 Å². The monoisotopic (exact) mass is 317 g/mol. The SMILES string of the molecule is CC(=O)c1ccnc(N2CC[C@@]3(C(=O)O)CCCN(C)[C@@H]3C2)c1. The summed E-state index contributed by atoms with van der Waals surface area (Å²) in [7, 11) is 2.00. The number of likely N-dealkylation sites (tertiary alicyclic amines) is 1. The molecule has 2 fully saturated rings. The number of anilines is 1. The number of Topliss-reactive ketones (excluding diaryl/α,β-unsaturated/α-hetero) is 1. The number of carbonyl (C=O) groups is 2. The summed E-state index contributed by atoms with van der Waals surface area (Å²) in [5, 5.41) is 9.81. The zero-order valence-corrected chi connectivity index (χ0v) is 13.7. The molecule has 3 rings (SSSR count). The van der Waals surface area contributed by atoms with E-state index in [1.165, 1.54) is 0 Å². The molecule has 1 N–H and O–H groups in total. The number of hydrogen-bond acceptors (Lipinski definition) is 5. The van der Waals surface area contributed by atoms with Gasteiger partial charge in [-0.15, -0.1) is 0 Å². The average Bonchev–Trinajstić information content (AvgIpc) is 2.55. The van der Waals surface area contributed by atoms with Gasteiger partial charge >= 0.3 is 5.97 Å². The zero-order chi connectivity index (χ0) is 16.6. The third-order valence-electron chi connectivity index (χ3n) is 5.43. The van der Waals surface area contributed by atoms with Crippen molar-refractivity contribution in [3.05, 3.63) is 23.9 Å². The quantitative estimate of drug-likeness (QED) is 0.855. The van der Waals surface area contributed by atoms with Gasteiger partial charge in [0.2, 0.25) is 0 Å². The predicted molar refractivity (Wildman–Crippen MR) is 86.8 cm³/mol. The van der Waals surface area contributed by atoms with E-state index in [9.17, 15) is 14.7 Å². The Hall–Kier alpha value is -1.95. The van der Waals surface area contributed by atoms with E-state index in [1.54, 1.807) is 25.3 Å². The third kappa shape index (κ3) is 2.72. The van der Waals surface area contributed by atoms with Gasteiger partial charge in [0.1, 0.15) is 5.82 Å². The molecule has 2 aliphatic rings. The molecule has 0 aromatic carbocycles. The van der Waals surface area contributed by atoms with Gasteiger partial charge in [-0.05, 0) is 51.9 Å². The first-order valence-corrected chi connectivity index (χ1v) is 8.09. The summed E-state index contributed by atoms with van der Waals surface area (Å²) in [6, 6.07) is 3.49. The van der Waals surface area contributed by atoms with Gasteiger partial charge in [-0.2, -0.15) is 0 Å². The second-order valence-electron chi connectivity index (χ2n) is 6.72. The van der Waals surface area contributed by atoms with Crippen molar-refractivity contribution in [1.29, 1.82) is 0 Å². The van der Waals surface area contributed by atoms with Crippen LogP contribution in [0.3, 0.4) is 0 Å². The number of carboxylic acids is 1. The van der Waals surface area contributed by atoms with Crippen LogP contribution in [0.1, 0.15) is 36.5 Å². The zero-order valence-electron chi connectivity index (χ0n) is 13.7. The van der Waals surface area contributed by atoms with Gasteiger partial charge in [0.15, 0.2) is 5.78 Å². The number of pyridine rings is 1. The van der Waals surface area contributed by atoms with E-state index in [4.69, 9.17) is 0 Å². The number of nitrogens with zero attached hydrogens (tertiary/aromatic N) is 3. The fourth-order valence-electron chi connectivity index (χ4n) is 4.00. The minimum absolute atomic E-state index is 0.0142. The summed E-state index contributed by atoms with van der Waals surface area (Å²) in [6.45, 7) is 3.76. The molecule has 3 heterocycles. The highest BCUT2D eigenvalue weighted by Gasteiger charge is 2.52. The molecule has 2 atom stereocenters. The number of aromatic nitrogens is 1. The maximum atomic E-state index is 11.9. The number of piperidine rings is 2. The molecule has 23 heavy (non-hydrogen) atoms. The largest absolute Gasteiger partial charge is 0.481 e. The fourth-order valence-corrected chi connectivity index (χ4v) is 4.00. The molecule has 2 saturated heterocycles. The molecule has 0 amide bonds. The first kappa shape index (κ1) is 15.9. The maximum Gasteiger partial charge on any atom is 0.311 e.